The Balaban J connectivity index is 1.48. The summed E-state index contributed by atoms with van der Waals surface area (Å²) in [4.78, 5) is 16.0. The van der Waals surface area contributed by atoms with Crippen molar-refractivity contribution < 1.29 is 13.9 Å². The van der Waals surface area contributed by atoms with Crippen molar-refractivity contribution in [2.24, 2.45) is 13.0 Å². The maximum atomic E-state index is 13.2. The van der Waals surface area contributed by atoms with E-state index in [4.69, 9.17) is 4.74 Å². The molecule has 0 N–H and O–H groups in total. The fourth-order valence-electron chi connectivity index (χ4n) is 2.55. The molecule has 1 aromatic heterocycles. The molecule has 1 aliphatic carbocycles. The van der Waals surface area contributed by atoms with Gasteiger partial charge in [-0.3, -0.25) is 4.79 Å². The molecule has 0 unspecified atom stereocenters. The molecule has 1 fully saturated rings. The zero-order valence-corrected chi connectivity index (χ0v) is 11.8. The molecule has 0 spiro atoms. The summed E-state index contributed by atoms with van der Waals surface area (Å²) in [5, 5.41) is 0. The molecule has 5 heteroatoms. The highest BCUT2D eigenvalue weighted by atomic mass is 19.1. The van der Waals surface area contributed by atoms with Crippen molar-refractivity contribution in [3.63, 3.8) is 0 Å². The summed E-state index contributed by atoms with van der Waals surface area (Å²) < 4.78 is 20.4. The van der Waals surface area contributed by atoms with Crippen molar-refractivity contribution in [3.05, 3.63) is 53.9 Å². The van der Waals surface area contributed by atoms with Crippen molar-refractivity contribution in [1.29, 1.82) is 0 Å². The van der Waals surface area contributed by atoms with E-state index in [1.54, 1.807) is 18.6 Å². The number of aromatic nitrogens is 2. The Morgan fingerprint density at radius 2 is 2.38 bits per heavy atom. The Labute approximate surface area is 122 Å². The Morgan fingerprint density at radius 3 is 3.10 bits per heavy atom. The van der Waals surface area contributed by atoms with Crippen LogP contribution in [0.15, 0.2) is 36.8 Å². The minimum absolute atomic E-state index is 0.102. The first-order valence-electron chi connectivity index (χ1n) is 7.02. The number of benzene rings is 1. The molecule has 0 aliphatic heterocycles. The topological polar surface area (TPSA) is 44.1 Å². The summed E-state index contributed by atoms with van der Waals surface area (Å²) in [5.74, 6) is -0.475. The summed E-state index contributed by atoms with van der Waals surface area (Å²) in [5.41, 5.74) is 1.91. The average Bonchev–Trinajstić information content (AvgIpc) is 3.17. The van der Waals surface area contributed by atoms with Gasteiger partial charge in [0.1, 0.15) is 5.82 Å². The fourth-order valence-corrected chi connectivity index (χ4v) is 2.55. The van der Waals surface area contributed by atoms with Crippen LogP contribution in [-0.4, -0.2) is 22.1 Å². The number of hydrogen-bond acceptors (Lipinski definition) is 3. The Kier molecular flexibility index (Phi) is 3.73. The van der Waals surface area contributed by atoms with Crippen molar-refractivity contribution in [3.8, 4) is 0 Å². The molecule has 1 heterocycles. The predicted molar refractivity (Wildman–Crippen MR) is 75.1 cm³/mol. The van der Waals surface area contributed by atoms with Crippen LogP contribution in [-0.2, 0) is 23.0 Å². The summed E-state index contributed by atoms with van der Waals surface area (Å²) in [7, 11) is 1.91. The fraction of sp³-hybridized carbons (Fsp3) is 0.375. The summed E-state index contributed by atoms with van der Waals surface area (Å²) >= 11 is 0. The molecular formula is C16H17FN2O2. The number of aryl methyl sites for hydroxylation is 1. The minimum Gasteiger partial charge on any atom is -0.465 e. The molecule has 0 amide bonds. The van der Waals surface area contributed by atoms with E-state index in [2.05, 4.69) is 4.98 Å². The van der Waals surface area contributed by atoms with E-state index in [0.717, 1.165) is 17.7 Å². The maximum Gasteiger partial charge on any atom is 0.309 e. The predicted octanol–water partition coefficient (Wildman–Crippen LogP) is 2.45. The normalized spacial score (nSPS) is 20.3. The first-order valence-corrected chi connectivity index (χ1v) is 7.02. The van der Waals surface area contributed by atoms with Gasteiger partial charge in [-0.1, -0.05) is 12.1 Å². The third-order valence-corrected chi connectivity index (χ3v) is 3.89. The molecule has 1 aliphatic rings. The standard InChI is InChI=1S/C16H17FN2O2/c1-19-10-18-9-13(19)5-6-21-16(20)15-8-14(15)11-3-2-4-12(17)7-11/h2-4,7,9-10,14-15H,5-6,8H2,1H3/t14-,15-/m1/s1. The van der Waals surface area contributed by atoms with Crippen LogP contribution in [0.5, 0.6) is 0 Å². The number of ether oxygens (including phenoxy) is 1. The highest BCUT2D eigenvalue weighted by Crippen LogP contribution is 2.48. The van der Waals surface area contributed by atoms with Gasteiger partial charge in [-0.05, 0) is 30.0 Å². The van der Waals surface area contributed by atoms with E-state index in [0.29, 0.717) is 13.0 Å². The number of esters is 1. The van der Waals surface area contributed by atoms with Gasteiger partial charge in [-0.2, -0.15) is 0 Å². The third kappa shape index (κ3) is 3.12. The molecule has 0 bridgehead atoms. The van der Waals surface area contributed by atoms with Gasteiger partial charge in [0, 0.05) is 25.4 Å². The summed E-state index contributed by atoms with van der Waals surface area (Å²) in [6.45, 7) is 0.352. The zero-order chi connectivity index (χ0) is 14.8. The van der Waals surface area contributed by atoms with E-state index in [-0.39, 0.29) is 23.6 Å². The van der Waals surface area contributed by atoms with E-state index < -0.39 is 0 Å². The summed E-state index contributed by atoms with van der Waals surface area (Å²) in [6, 6.07) is 6.44. The second-order valence-corrected chi connectivity index (χ2v) is 5.42. The molecule has 2 atom stereocenters. The number of imidazole rings is 1. The minimum atomic E-state index is -0.261. The number of carbonyl (C=O) groups excluding carboxylic acids is 1. The first-order chi connectivity index (χ1) is 10.1. The van der Waals surface area contributed by atoms with E-state index in [1.165, 1.54) is 12.1 Å². The van der Waals surface area contributed by atoms with Crippen LogP contribution in [0.4, 0.5) is 4.39 Å². The Hall–Kier alpha value is -2.17. The Bertz CT molecular complexity index is 653. The molecule has 21 heavy (non-hydrogen) atoms. The number of carbonyl (C=O) groups is 1. The van der Waals surface area contributed by atoms with Crippen LogP contribution < -0.4 is 0 Å². The van der Waals surface area contributed by atoms with Crippen molar-refractivity contribution >= 4 is 5.97 Å². The van der Waals surface area contributed by atoms with Crippen molar-refractivity contribution in [1.82, 2.24) is 9.55 Å². The average molecular weight is 288 g/mol. The Morgan fingerprint density at radius 1 is 1.52 bits per heavy atom. The van der Waals surface area contributed by atoms with Crippen LogP contribution in [0.3, 0.4) is 0 Å². The molecule has 0 saturated heterocycles. The molecule has 110 valence electrons. The number of nitrogens with zero attached hydrogens (tertiary/aromatic N) is 2. The lowest BCUT2D eigenvalue weighted by atomic mass is 10.1. The van der Waals surface area contributed by atoms with Crippen molar-refractivity contribution in [2.45, 2.75) is 18.8 Å². The SMILES string of the molecule is Cn1cncc1CCOC(=O)[C@@H]1C[C@@H]1c1cccc(F)c1. The second-order valence-electron chi connectivity index (χ2n) is 5.42. The monoisotopic (exact) mass is 288 g/mol. The van der Waals surface area contributed by atoms with E-state index in [1.807, 2.05) is 17.7 Å². The quantitative estimate of drug-likeness (QED) is 0.794. The molecule has 1 aromatic carbocycles. The lowest BCUT2D eigenvalue weighted by Gasteiger charge is -2.05. The van der Waals surface area contributed by atoms with Crippen LogP contribution >= 0.6 is 0 Å². The van der Waals surface area contributed by atoms with Gasteiger partial charge in [-0.15, -0.1) is 0 Å². The van der Waals surface area contributed by atoms with Crippen LogP contribution in [0.1, 0.15) is 23.6 Å². The number of rotatable bonds is 5. The lowest BCUT2D eigenvalue weighted by Crippen LogP contribution is -2.11. The van der Waals surface area contributed by atoms with Gasteiger partial charge in [0.25, 0.3) is 0 Å². The maximum absolute atomic E-state index is 13.2. The van der Waals surface area contributed by atoms with Crippen LogP contribution in [0.25, 0.3) is 0 Å². The van der Waals surface area contributed by atoms with Gasteiger partial charge in [-0.25, -0.2) is 9.37 Å². The first kappa shape index (κ1) is 13.8. The zero-order valence-electron chi connectivity index (χ0n) is 11.8. The van der Waals surface area contributed by atoms with Crippen molar-refractivity contribution in [2.75, 3.05) is 6.61 Å². The van der Waals surface area contributed by atoms with Gasteiger partial charge >= 0.3 is 5.97 Å². The smallest absolute Gasteiger partial charge is 0.309 e. The third-order valence-electron chi connectivity index (χ3n) is 3.89. The second kappa shape index (κ2) is 5.68. The lowest BCUT2D eigenvalue weighted by molar-refractivity contribution is -0.145. The number of halogens is 1. The molecular weight excluding hydrogens is 271 g/mol. The van der Waals surface area contributed by atoms with E-state index in [9.17, 15) is 9.18 Å². The molecule has 3 rings (SSSR count). The molecule has 2 aromatic rings. The molecule has 1 saturated carbocycles. The van der Waals surface area contributed by atoms with E-state index >= 15 is 0 Å². The highest BCUT2D eigenvalue weighted by Gasteiger charge is 2.45. The summed E-state index contributed by atoms with van der Waals surface area (Å²) in [6.07, 6.45) is 4.88. The van der Waals surface area contributed by atoms with Crippen LogP contribution in [0, 0.1) is 11.7 Å². The van der Waals surface area contributed by atoms with Gasteiger partial charge in [0.05, 0.1) is 18.9 Å². The van der Waals surface area contributed by atoms with Gasteiger partial charge < -0.3 is 9.30 Å². The van der Waals surface area contributed by atoms with Crippen LogP contribution in [0.2, 0.25) is 0 Å². The molecule has 4 nitrogen and oxygen atoms in total. The highest BCUT2D eigenvalue weighted by molar-refractivity contribution is 5.77. The van der Waals surface area contributed by atoms with Gasteiger partial charge in [0.2, 0.25) is 0 Å². The van der Waals surface area contributed by atoms with Gasteiger partial charge in [0.15, 0.2) is 0 Å². The largest absolute Gasteiger partial charge is 0.465 e. The number of hydrogen-bond donors (Lipinski definition) is 0. The molecule has 0 radical (unpaired) electrons.